The summed E-state index contributed by atoms with van der Waals surface area (Å²) >= 11 is 0. The largest absolute Gasteiger partial charge is 0.490 e. The second kappa shape index (κ2) is 5.48. The molecule has 1 rings (SSSR count). The minimum absolute atomic E-state index is 0.459. The third-order valence-electron chi connectivity index (χ3n) is 1.40. The highest BCUT2D eigenvalue weighted by Gasteiger charge is 1.94. The standard InChI is InChI=1S/C9H12FNO2/c1-2-12-5-6-13-8-3-4-9(10)11-7-8/h3-4,7H,2,5-6H2,1H3. The molecule has 13 heavy (non-hydrogen) atoms. The molecular weight excluding hydrogens is 173 g/mol. The van der Waals surface area contributed by atoms with Crippen molar-refractivity contribution in [2.45, 2.75) is 6.92 Å². The minimum Gasteiger partial charge on any atom is -0.490 e. The van der Waals surface area contributed by atoms with Gasteiger partial charge < -0.3 is 9.47 Å². The molecule has 4 heteroatoms. The number of halogens is 1. The third-order valence-corrected chi connectivity index (χ3v) is 1.40. The van der Waals surface area contributed by atoms with Crippen molar-refractivity contribution in [1.29, 1.82) is 0 Å². The molecule has 0 spiro atoms. The first kappa shape index (κ1) is 9.92. The maximum atomic E-state index is 12.3. The summed E-state index contributed by atoms with van der Waals surface area (Å²) in [5.74, 6) is 0.0539. The Kier molecular flexibility index (Phi) is 4.18. The van der Waals surface area contributed by atoms with E-state index in [-0.39, 0.29) is 0 Å². The van der Waals surface area contributed by atoms with E-state index in [1.54, 1.807) is 0 Å². The lowest BCUT2D eigenvalue weighted by atomic mass is 10.4. The molecule has 1 heterocycles. The third kappa shape index (κ3) is 3.85. The fourth-order valence-electron chi connectivity index (χ4n) is 0.810. The second-order valence-electron chi connectivity index (χ2n) is 2.36. The predicted molar refractivity (Wildman–Crippen MR) is 46.2 cm³/mol. The Morgan fingerprint density at radius 2 is 2.23 bits per heavy atom. The van der Waals surface area contributed by atoms with E-state index in [9.17, 15) is 4.39 Å². The quantitative estimate of drug-likeness (QED) is 0.516. The average molecular weight is 185 g/mol. The van der Waals surface area contributed by atoms with Crippen LogP contribution in [0.4, 0.5) is 4.39 Å². The molecule has 0 aliphatic heterocycles. The first-order valence-corrected chi connectivity index (χ1v) is 4.15. The van der Waals surface area contributed by atoms with Crippen molar-refractivity contribution in [3.8, 4) is 5.75 Å². The van der Waals surface area contributed by atoms with E-state index in [0.717, 1.165) is 0 Å². The molecule has 0 amide bonds. The summed E-state index contributed by atoms with van der Waals surface area (Å²) in [6.07, 6.45) is 1.35. The van der Waals surface area contributed by atoms with Crippen LogP contribution in [0.1, 0.15) is 6.92 Å². The molecule has 0 unspecified atom stereocenters. The highest BCUT2D eigenvalue weighted by Crippen LogP contribution is 2.07. The van der Waals surface area contributed by atoms with Crippen LogP contribution in [0.2, 0.25) is 0 Å². The van der Waals surface area contributed by atoms with Gasteiger partial charge in [0.2, 0.25) is 5.95 Å². The Morgan fingerprint density at radius 1 is 1.38 bits per heavy atom. The second-order valence-corrected chi connectivity index (χ2v) is 2.36. The number of hydrogen-bond donors (Lipinski definition) is 0. The van der Waals surface area contributed by atoms with Gasteiger partial charge in [-0.1, -0.05) is 0 Å². The molecule has 0 bridgehead atoms. The summed E-state index contributed by atoms with van der Waals surface area (Å²) in [7, 11) is 0. The van der Waals surface area contributed by atoms with E-state index in [1.807, 2.05) is 6.92 Å². The van der Waals surface area contributed by atoms with Crippen LogP contribution in [0.15, 0.2) is 18.3 Å². The molecule has 0 N–H and O–H groups in total. The maximum Gasteiger partial charge on any atom is 0.213 e. The van der Waals surface area contributed by atoms with Crippen LogP contribution in [0.5, 0.6) is 5.75 Å². The molecule has 0 aliphatic rings. The minimum atomic E-state index is -0.503. The lowest BCUT2D eigenvalue weighted by Crippen LogP contribution is -2.06. The molecule has 1 aromatic heterocycles. The number of rotatable bonds is 5. The normalized spacial score (nSPS) is 10.0. The van der Waals surface area contributed by atoms with Crippen molar-refractivity contribution >= 4 is 0 Å². The molecule has 0 fully saturated rings. The number of ether oxygens (including phenoxy) is 2. The first-order valence-electron chi connectivity index (χ1n) is 4.15. The summed E-state index contributed by atoms with van der Waals surface area (Å²) in [5.41, 5.74) is 0. The molecule has 0 saturated heterocycles. The zero-order valence-corrected chi connectivity index (χ0v) is 7.50. The van der Waals surface area contributed by atoms with Crippen LogP contribution >= 0.6 is 0 Å². The van der Waals surface area contributed by atoms with Gasteiger partial charge in [-0.2, -0.15) is 4.39 Å². The molecular formula is C9H12FNO2. The Morgan fingerprint density at radius 3 is 2.85 bits per heavy atom. The highest BCUT2D eigenvalue weighted by molar-refractivity contribution is 5.15. The van der Waals surface area contributed by atoms with Gasteiger partial charge in [-0.3, -0.25) is 0 Å². The van der Waals surface area contributed by atoms with Crippen LogP contribution in [-0.2, 0) is 4.74 Å². The van der Waals surface area contributed by atoms with Crippen molar-refractivity contribution in [3.63, 3.8) is 0 Å². The summed E-state index contributed by atoms with van der Waals surface area (Å²) in [5, 5.41) is 0. The molecule has 0 aliphatic carbocycles. The Balaban J connectivity index is 2.25. The van der Waals surface area contributed by atoms with Gasteiger partial charge in [-0.15, -0.1) is 0 Å². The Bertz CT molecular complexity index is 238. The molecule has 0 saturated carbocycles. The summed E-state index contributed by atoms with van der Waals surface area (Å²) in [6.45, 7) is 3.58. The van der Waals surface area contributed by atoms with Gasteiger partial charge in [-0.05, 0) is 19.1 Å². The van der Waals surface area contributed by atoms with E-state index in [2.05, 4.69) is 4.98 Å². The van der Waals surface area contributed by atoms with Gasteiger partial charge in [0.15, 0.2) is 0 Å². The van der Waals surface area contributed by atoms with E-state index < -0.39 is 5.95 Å². The zero-order chi connectivity index (χ0) is 9.52. The fourth-order valence-corrected chi connectivity index (χ4v) is 0.810. The van der Waals surface area contributed by atoms with Crippen LogP contribution in [-0.4, -0.2) is 24.8 Å². The van der Waals surface area contributed by atoms with Crippen LogP contribution in [0.3, 0.4) is 0 Å². The number of aromatic nitrogens is 1. The van der Waals surface area contributed by atoms with Gasteiger partial charge in [0.25, 0.3) is 0 Å². The van der Waals surface area contributed by atoms with Gasteiger partial charge in [0.1, 0.15) is 12.4 Å². The van der Waals surface area contributed by atoms with E-state index in [4.69, 9.17) is 9.47 Å². The fraction of sp³-hybridized carbons (Fsp3) is 0.444. The van der Waals surface area contributed by atoms with E-state index in [0.29, 0.717) is 25.6 Å². The van der Waals surface area contributed by atoms with Crippen molar-refractivity contribution in [1.82, 2.24) is 4.98 Å². The van der Waals surface area contributed by atoms with Gasteiger partial charge >= 0.3 is 0 Å². The van der Waals surface area contributed by atoms with E-state index >= 15 is 0 Å². The highest BCUT2D eigenvalue weighted by atomic mass is 19.1. The lowest BCUT2D eigenvalue weighted by molar-refractivity contribution is 0.110. The smallest absolute Gasteiger partial charge is 0.213 e. The van der Waals surface area contributed by atoms with Crippen molar-refractivity contribution in [2.75, 3.05) is 19.8 Å². The van der Waals surface area contributed by atoms with Crippen LogP contribution in [0.25, 0.3) is 0 Å². The molecule has 1 aromatic rings. The number of nitrogens with zero attached hydrogens (tertiary/aromatic N) is 1. The maximum absolute atomic E-state index is 12.3. The van der Waals surface area contributed by atoms with Crippen molar-refractivity contribution < 1.29 is 13.9 Å². The van der Waals surface area contributed by atoms with Gasteiger partial charge in [-0.25, -0.2) is 4.98 Å². The van der Waals surface area contributed by atoms with Crippen molar-refractivity contribution in [2.24, 2.45) is 0 Å². The Hall–Kier alpha value is -1.16. The molecule has 0 aromatic carbocycles. The average Bonchev–Trinajstić information content (AvgIpc) is 2.15. The monoisotopic (exact) mass is 185 g/mol. The van der Waals surface area contributed by atoms with Gasteiger partial charge in [0, 0.05) is 6.61 Å². The number of pyridine rings is 1. The zero-order valence-electron chi connectivity index (χ0n) is 7.50. The Labute approximate surface area is 76.5 Å². The summed E-state index contributed by atoms with van der Waals surface area (Å²) < 4.78 is 22.6. The lowest BCUT2D eigenvalue weighted by Gasteiger charge is -2.04. The molecule has 72 valence electrons. The summed E-state index contributed by atoms with van der Waals surface area (Å²) in [6, 6.07) is 2.80. The predicted octanol–water partition coefficient (Wildman–Crippen LogP) is 1.64. The van der Waals surface area contributed by atoms with Crippen LogP contribution in [0, 0.1) is 5.95 Å². The first-order chi connectivity index (χ1) is 6.33. The molecule has 3 nitrogen and oxygen atoms in total. The molecule has 0 radical (unpaired) electrons. The van der Waals surface area contributed by atoms with E-state index in [1.165, 1.54) is 18.3 Å². The number of hydrogen-bond acceptors (Lipinski definition) is 3. The van der Waals surface area contributed by atoms with Crippen molar-refractivity contribution in [3.05, 3.63) is 24.3 Å². The SMILES string of the molecule is CCOCCOc1ccc(F)nc1. The summed E-state index contributed by atoms with van der Waals surface area (Å²) in [4.78, 5) is 3.45. The topological polar surface area (TPSA) is 31.4 Å². The molecule has 0 atom stereocenters. The van der Waals surface area contributed by atoms with Crippen LogP contribution < -0.4 is 4.74 Å². The van der Waals surface area contributed by atoms with Gasteiger partial charge in [0.05, 0.1) is 12.8 Å².